The summed E-state index contributed by atoms with van der Waals surface area (Å²) >= 11 is 6.55. The summed E-state index contributed by atoms with van der Waals surface area (Å²) in [6, 6.07) is 1.19. The molecule has 3 rings (SSSR count). The second-order valence-electron chi connectivity index (χ2n) is 8.25. The van der Waals surface area contributed by atoms with E-state index in [1.165, 1.54) is 26.8 Å². The van der Waals surface area contributed by atoms with Gasteiger partial charge in [0.15, 0.2) is 5.75 Å². The molecule has 1 saturated heterocycles. The maximum absolute atomic E-state index is 13.3. The number of ether oxygens (including phenoxy) is 5. The van der Waals surface area contributed by atoms with Crippen molar-refractivity contribution in [2.24, 2.45) is 0 Å². The first-order valence-electron chi connectivity index (χ1n) is 11.0. The van der Waals surface area contributed by atoms with Crippen molar-refractivity contribution in [3.05, 3.63) is 34.4 Å². The maximum atomic E-state index is 13.3. The molecule has 2 aliphatic heterocycles. The third-order valence-corrected chi connectivity index (χ3v) is 5.67. The number of rotatable bonds is 3. The number of epoxide rings is 1. The minimum absolute atomic E-state index is 0.0225. The molecule has 2 aliphatic rings. The van der Waals surface area contributed by atoms with Crippen LogP contribution < -0.4 is 9.47 Å². The van der Waals surface area contributed by atoms with Crippen LogP contribution in [0.4, 0.5) is 0 Å². The van der Waals surface area contributed by atoms with E-state index in [0.29, 0.717) is 12.8 Å². The Hall–Kier alpha value is -2.91. The Morgan fingerprint density at radius 1 is 1.03 bits per heavy atom. The third-order valence-electron chi connectivity index (χ3n) is 5.25. The molecular weight excluding hydrogens is 468 g/mol. The van der Waals surface area contributed by atoms with Crippen LogP contribution in [0.2, 0.25) is 5.02 Å². The molecule has 1 aromatic rings. The van der Waals surface area contributed by atoms with Gasteiger partial charge in [-0.05, 0) is 31.4 Å². The van der Waals surface area contributed by atoms with Crippen molar-refractivity contribution in [2.45, 2.75) is 77.8 Å². The van der Waals surface area contributed by atoms with E-state index in [-0.39, 0.29) is 46.3 Å². The van der Waals surface area contributed by atoms with Gasteiger partial charge in [-0.1, -0.05) is 17.7 Å². The zero-order valence-corrected chi connectivity index (χ0v) is 20.2. The fourth-order valence-electron chi connectivity index (χ4n) is 3.87. The Morgan fingerprint density at radius 3 is 2.35 bits per heavy atom. The number of hydrogen-bond acceptors (Lipinski definition) is 9. The average molecular weight is 495 g/mol. The van der Waals surface area contributed by atoms with Crippen molar-refractivity contribution in [1.82, 2.24) is 0 Å². The molecule has 0 unspecified atom stereocenters. The first-order valence-corrected chi connectivity index (χ1v) is 11.4. The highest BCUT2D eigenvalue weighted by Gasteiger charge is 2.40. The molecule has 10 heteroatoms. The Kier molecular flexibility index (Phi) is 8.33. The quantitative estimate of drug-likeness (QED) is 0.268. The fourth-order valence-corrected chi connectivity index (χ4v) is 4.14. The minimum Gasteiger partial charge on any atom is -0.459 e. The van der Waals surface area contributed by atoms with Gasteiger partial charge in [0, 0.05) is 39.7 Å². The van der Waals surface area contributed by atoms with Gasteiger partial charge >= 0.3 is 23.9 Å². The van der Waals surface area contributed by atoms with Gasteiger partial charge in [-0.15, -0.1) is 0 Å². The summed E-state index contributed by atoms with van der Waals surface area (Å²) in [5, 5.41) is -0.0612. The summed E-state index contributed by atoms with van der Waals surface area (Å²) in [4.78, 5) is 48.4. The summed E-state index contributed by atoms with van der Waals surface area (Å²) in [6.07, 6.45) is 4.26. The van der Waals surface area contributed by atoms with Gasteiger partial charge in [-0.2, -0.15) is 0 Å². The number of fused-ring (bicyclic) bond motifs is 2. The molecule has 0 amide bonds. The highest BCUT2D eigenvalue weighted by molar-refractivity contribution is 6.33. The second kappa shape index (κ2) is 11.0. The molecule has 0 aromatic heterocycles. The SMILES string of the molecule is CC(=O)Oc1cc(OC(C)=O)c2c(c1Cl)C[C@H](OC(C)=O)C=CCC[C@@H]1O[C@H]1C[C@@H](C)OC2=O. The minimum atomic E-state index is -0.796. The Morgan fingerprint density at radius 2 is 1.71 bits per heavy atom. The Labute approximate surface area is 202 Å². The van der Waals surface area contributed by atoms with Crippen LogP contribution in [0.15, 0.2) is 18.2 Å². The van der Waals surface area contributed by atoms with Gasteiger partial charge in [0.1, 0.15) is 23.5 Å². The molecule has 0 aliphatic carbocycles. The molecule has 184 valence electrons. The van der Waals surface area contributed by atoms with Crippen LogP contribution in [-0.4, -0.2) is 48.3 Å². The maximum Gasteiger partial charge on any atom is 0.342 e. The molecular formula is C24H27ClO9. The van der Waals surface area contributed by atoms with Crippen molar-refractivity contribution < 1.29 is 42.9 Å². The van der Waals surface area contributed by atoms with E-state index < -0.39 is 36.1 Å². The molecule has 2 heterocycles. The van der Waals surface area contributed by atoms with Gasteiger partial charge in [0.05, 0.1) is 17.2 Å². The van der Waals surface area contributed by atoms with Crippen LogP contribution in [0.3, 0.4) is 0 Å². The number of carbonyl (C=O) groups excluding carboxylic acids is 4. The van der Waals surface area contributed by atoms with E-state index in [4.69, 9.17) is 35.3 Å². The second-order valence-corrected chi connectivity index (χ2v) is 8.63. The zero-order chi connectivity index (χ0) is 25.0. The first-order chi connectivity index (χ1) is 16.0. The smallest absolute Gasteiger partial charge is 0.342 e. The monoisotopic (exact) mass is 494 g/mol. The Balaban J connectivity index is 2.14. The van der Waals surface area contributed by atoms with Crippen LogP contribution in [0.1, 0.15) is 62.9 Å². The van der Waals surface area contributed by atoms with Crippen molar-refractivity contribution in [3.8, 4) is 11.5 Å². The number of benzene rings is 1. The number of cyclic esters (lactones) is 1. The average Bonchev–Trinajstić information content (AvgIpc) is 3.43. The topological polar surface area (TPSA) is 118 Å². The predicted molar refractivity (Wildman–Crippen MR) is 120 cm³/mol. The molecule has 34 heavy (non-hydrogen) atoms. The van der Waals surface area contributed by atoms with E-state index in [1.54, 1.807) is 13.0 Å². The van der Waals surface area contributed by atoms with Gasteiger partial charge in [-0.25, -0.2) is 4.79 Å². The molecule has 1 fully saturated rings. The van der Waals surface area contributed by atoms with Crippen molar-refractivity contribution in [3.63, 3.8) is 0 Å². The first kappa shape index (κ1) is 25.7. The summed E-state index contributed by atoms with van der Waals surface area (Å²) < 4.78 is 27.2. The fraction of sp³-hybridized carbons (Fsp3) is 0.500. The number of halogens is 1. The molecule has 9 nitrogen and oxygen atoms in total. The van der Waals surface area contributed by atoms with E-state index in [1.807, 2.05) is 6.08 Å². The largest absolute Gasteiger partial charge is 0.459 e. The van der Waals surface area contributed by atoms with Gasteiger partial charge in [0.2, 0.25) is 0 Å². The molecule has 4 atom stereocenters. The van der Waals surface area contributed by atoms with E-state index in [9.17, 15) is 19.2 Å². The molecule has 1 aromatic carbocycles. The van der Waals surface area contributed by atoms with Crippen molar-refractivity contribution >= 4 is 35.5 Å². The van der Waals surface area contributed by atoms with Crippen LogP contribution in [0.5, 0.6) is 11.5 Å². The summed E-state index contributed by atoms with van der Waals surface area (Å²) in [6.45, 7) is 5.35. The summed E-state index contributed by atoms with van der Waals surface area (Å²) in [5.74, 6) is -2.97. The van der Waals surface area contributed by atoms with E-state index in [2.05, 4.69) is 0 Å². The van der Waals surface area contributed by atoms with Crippen LogP contribution >= 0.6 is 11.6 Å². The Bertz CT molecular complexity index is 1020. The van der Waals surface area contributed by atoms with Crippen LogP contribution in [0.25, 0.3) is 0 Å². The lowest BCUT2D eigenvalue weighted by Crippen LogP contribution is -2.23. The van der Waals surface area contributed by atoms with Gasteiger partial charge < -0.3 is 23.7 Å². The molecule has 0 saturated carbocycles. The van der Waals surface area contributed by atoms with Crippen molar-refractivity contribution in [2.75, 3.05) is 0 Å². The lowest BCUT2D eigenvalue weighted by molar-refractivity contribution is -0.144. The number of allylic oxidation sites excluding steroid dienone is 1. The van der Waals surface area contributed by atoms with Gasteiger partial charge in [-0.3, -0.25) is 14.4 Å². The standard InChI is InChI=1S/C24H27ClO9/c1-12-9-19-18(34-19)8-6-5-7-16(31-13(2)26)10-17-22(24(29)30-12)20(32-14(3)27)11-21(23(17)25)33-15(4)28/h5,7,11-12,16,18-19H,6,8-10H2,1-4H3/t12-,16-,18+,19+/m1/s1. The van der Waals surface area contributed by atoms with Gasteiger partial charge in [0.25, 0.3) is 0 Å². The normalized spacial score (nSPS) is 24.6. The highest BCUT2D eigenvalue weighted by Crippen LogP contribution is 2.40. The lowest BCUT2D eigenvalue weighted by Gasteiger charge is -2.22. The molecule has 0 bridgehead atoms. The van der Waals surface area contributed by atoms with Crippen molar-refractivity contribution in [1.29, 1.82) is 0 Å². The van der Waals surface area contributed by atoms with Crippen LogP contribution in [0, 0.1) is 0 Å². The molecule has 0 spiro atoms. The lowest BCUT2D eigenvalue weighted by atomic mass is 9.98. The summed E-state index contributed by atoms with van der Waals surface area (Å²) in [7, 11) is 0. The van der Waals surface area contributed by atoms with Crippen LogP contribution in [-0.2, 0) is 35.0 Å². The zero-order valence-electron chi connectivity index (χ0n) is 19.4. The number of hydrogen-bond donors (Lipinski definition) is 0. The number of esters is 4. The molecule has 0 N–H and O–H groups in total. The summed E-state index contributed by atoms with van der Waals surface area (Å²) in [5.41, 5.74) is 0.0428. The van der Waals surface area contributed by atoms with E-state index in [0.717, 1.165) is 6.42 Å². The number of carbonyl (C=O) groups is 4. The molecule has 0 radical (unpaired) electrons. The highest BCUT2D eigenvalue weighted by atomic mass is 35.5. The van der Waals surface area contributed by atoms with E-state index >= 15 is 0 Å². The third kappa shape index (κ3) is 6.80. The predicted octanol–water partition coefficient (Wildman–Crippen LogP) is 3.72.